The summed E-state index contributed by atoms with van der Waals surface area (Å²) in [6, 6.07) is 50.9. The highest BCUT2D eigenvalue weighted by molar-refractivity contribution is 8.01. The molecule has 0 saturated heterocycles. The molecule has 1 fully saturated rings. The summed E-state index contributed by atoms with van der Waals surface area (Å²) < 4.78 is 28.0. The lowest BCUT2D eigenvalue weighted by Crippen LogP contribution is -2.72. The van der Waals surface area contributed by atoms with Crippen LogP contribution < -0.4 is 14.2 Å². The van der Waals surface area contributed by atoms with Gasteiger partial charge >= 0.3 is 0 Å². The van der Waals surface area contributed by atoms with Crippen molar-refractivity contribution < 1.29 is 52.6 Å². The van der Waals surface area contributed by atoms with E-state index < -0.39 is 63.0 Å². The minimum absolute atomic E-state index is 0.00239. The van der Waals surface area contributed by atoms with E-state index in [1.54, 1.807) is 13.0 Å². The molecule has 0 bridgehead atoms. The molecule has 2 heterocycles. The second kappa shape index (κ2) is 25.1. The third kappa shape index (κ3) is 10.7. The molecule has 91 heavy (non-hydrogen) atoms. The molecule has 0 unspecified atom stereocenters. The number of ether oxygens (including phenoxy) is 3. The average molecular weight is 1240 g/mol. The Labute approximate surface area is 535 Å². The topological polar surface area (TPSA) is 195 Å². The first-order valence-electron chi connectivity index (χ1n) is 31.3. The van der Waals surface area contributed by atoms with Crippen molar-refractivity contribution in [3.63, 3.8) is 0 Å². The molecule has 6 aliphatic rings. The molecular formula is C75H78N4O11S. The third-order valence-electron chi connectivity index (χ3n) is 20.2. The number of allylic oxidation sites excluding steroid dienone is 1. The molecule has 8 aromatic rings. The van der Waals surface area contributed by atoms with Gasteiger partial charge in [0.2, 0.25) is 11.6 Å². The number of aliphatic hydroxyl groups is 2. The van der Waals surface area contributed by atoms with E-state index in [0.717, 1.165) is 32.9 Å². The number of carbonyl (C=O) groups excluding carboxylic acids is 4. The van der Waals surface area contributed by atoms with Crippen LogP contribution in [0.3, 0.4) is 0 Å². The van der Waals surface area contributed by atoms with E-state index in [1.165, 1.54) is 34.0 Å². The summed E-state index contributed by atoms with van der Waals surface area (Å²) in [4.78, 5) is 61.1. The van der Waals surface area contributed by atoms with Crippen LogP contribution in [0.1, 0.15) is 160 Å². The summed E-state index contributed by atoms with van der Waals surface area (Å²) in [5, 5.41) is 32.3. The summed E-state index contributed by atoms with van der Waals surface area (Å²) in [5.74, 6) is -1.15. The lowest BCUT2D eigenvalue weighted by atomic mass is 9.49. The SMILES string of the molecule is CC1=CC[C@H]2[C@H](N(C)C)c3onc(OCc4ccccc4)c3C(=O)[C@@]2(O)C1=O.C[C@H]1c2cccc(OCc3ccccc3)c2[C@@H]1C.Cc1cccc2c1[C@@H](C)[C@@]1(Sc3ccccc3)C(=O)[C@]3(O)C(=O)c4c(OCc5ccccc5)noc4[C@@H](N(C)C)[C@@H]3C[C@H]1[C@H]2C. The van der Waals surface area contributed by atoms with Crippen molar-refractivity contribution in [2.24, 2.45) is 17.8 Å². The molecule has 16 heteroatoms. The molecule has 1 saturated carbocycles. The van der Waals surface area contributed by atoms with E-state index in [0.29, 0.717) is 48.4 Å². The van der Waals surface area contributed by atoms with Crippen LogP contribution in [0, 0.1) is 24.7 Å². The molecule has 0 spiro atoms. The van der Waals surface area contributed by atoms with Crippen molar-refractivity contribution >= 4 is 34.9 Å². The van der Waals surface area contributed by atoms with Gasteiger partial charge in [-0.15, -0.1) is 11.8 Å². The largest absolute Gasteiger partial charge is 0.489 e. The first kappa shape index (κ1) is 62.9. The summed E-state index contributed by atoms with van der Waals surface area (Å²) in [7, 11) is 7.39. The summed E-state index contributed by atoms with van der Waals surface area (Å²) in [6.07, 6.45) is 2.61. The molecule has 0 amide bonds. The zero-order valence-electron chi connectivity index (χ0n) is 53.1. The van der Waals surface area contributed by atoms with Gasteiger partial charge in [0.25, 0.3) is 11.8 Å². The first-order valence-corrected chi connectivity index (χ1v) is 32.1. The Bertz CT molecular complexity index is 4060. The average Bonchev–Trinajstić information content (AvgIpc) is 1.41. The predicted octanol–water partition coefficient (Wildman–Crippen LogP) is 13.6. The van der Waals surface area contributed by atoms with Gasteiger partial charge in [0.1, 0.15) is 36.7 Å². The summed E-state index contributed by atoms with van der Waals surface area (Å²) in [6.45, 7) is 13.6. The van der Waals surface area contributed by atoms with Crippen molar-refractivity contribution in [3.05, 3.63) is 237 Å². The normalized spacial score (nSPS) is 27.4. The standard InChI is InChI=1S/C37H38N2O5S.C21H22N2O5.C17H18O/c1-21-13-12-18-26-22(2)27-19-28-31(39(4)5)32-30(34(38-44-32)43-20-24-14-8-6-9-15-24)33(40)36(28,42)35(41)37(27,23(3)29(21)26)45-25-16-10-7-11-17-25;1-12-9-10-14-16(23(2)3)17-15(19(25)21(14,26)18(12)24)20(22-28-17)27-11-13-7-5-4-6-8-13;1-12-13(2)17-15(12)9-6-10-16(17)18-11-14-7-4-3-5-8-14/h6-18,22-23,27-28,31,42H,19-20H2,1-5H3;4-9,14,16,26H,10-11H2,1-3H3;3-10,12-13H,11H2,1-2H3/t22-,23+,27-,28-,31-,36+,37-;14-,16-,21-;12-,13-/m001/s1. The lowest BCUT2D eigenvalue weighted by molar-refractivity contribution is -0.155. The van der Waals surface area contributed by atoms with Crippen LogP contribution in [-0.4, -0.2) is 97.6 Å². The Morgan fingerprint density at radius 1 is 0.527 bits per heavy atom. The van der Waals surface area contributed by atoms with E-state index in [1.807, 2.05) is 147 Å². The zero-order valence-corrected chi connectivity index (χ0v) is 53.9. The number of Topliss-reactive ketones (excluding diaryl/α,β-unsaturated/α-hetero) is 4. The number of hydrogen-bond acceptors (Lipinski definition) is 16. The Morgan fingerprint density at radius 3 is 1.53 bits per heavy atom. The van der Waals surface area contributed by atoms with Gasteiger partial charge in [-0.25, -0.2) is 0 Å². The van der Waals surface area contributed by atoms with Crippen LogP contribution in [-0.2, 0) is 29.4 Å². The molecule has 14 rings (SSSR count). The highest BCUT2D eigenvalue weighted by atomic mass is 32.2. The number of ketones is 4. The number of thioether (sulfide) groups is 1. The van der Waals surface area contributed by atoms with Gasteiger partial charge in [-0.3, -0.25) is 29.0 Å². The van der Waals surface area contributed by atoms with Gasteiger partial charge < -0.3 is 33.5 Å². The van der Waals surface area contributed by atoms with Crippen LogP contribution in [0.5, 0.6) is 17.5 Å². The summed E-state index contributed by atoms with van der Waals surface area (Å²) >= 11 is 1.50. The van der Waals surface area contributed by atoms with Gasteiger partial charge in [0.05, 0.1) is 16.8 Å². The van der Waals surface area contributed by atoms with Crippen molar-refractivity contribution in [1.29, 1.82) is 0 Å². The Kier molecular flexibility index (Phi) is 17.4. The number of rotatable bonds is 13. The molecule has 2 aromatic heterocycles. The monoisotopic (exact) mass is 1240 g/mol. The molecule has 6 aromatic carbocycles. The smallest absolute Gasteiger partial charge is 0.265 e. The first-order chi connectivity index (χ1) is 43.7. The molecule has 6 aliphatic carbocycles. The Morgan fingerprint density at radius 2 is 1.00 bits per heavy atom. The zero-order chi connectivity index (χ0) is 64.3. The highest BCUT2D eigenvalue weighted by Crippen LogP contribution is 2.67. The van der Waals surface area contributed by atoms with Crippen molar-refractivity contribution in [1.82, 2.24) is 20.1 Å². The van der Waals surface area contributed by atoms with E-state index in [4.69, 9.17) is 23.3 Å². The van der Waals surface area contributed by atoms with Crippen LogP contribution in [0.25, 0.3) is 0 Å². The predicted molar refractivity (Wildman–Crippen MR) is 347 cm³/mol. The number of aryl methyl sites for hydroxylation is 1. The van der Waals surface area contributed by atoms with E-state index in [-0.39, 0.29) is 53.9 Å². The van der Waals surface area contributed by atoms with Crippen LogP contribution >= 0.6 is 11.8 Å². The summed E-state index contributed by atoms with van der Waals surface area (Å²) in [5.41, 5.74) is 5.39. The third-order valence-corrected chi connectivity index (χ3v) is 21.9. The van der Waals surface area contributed by atoms with Gasteiger partial charge in [0, 0.05) is 28.2 Å². The second-order valence-corrected chi connectivity index (χ2v) is 27.1. The molecule has 0 radical (unpaired) electrons. The highest BCUT2D eigenvalue weighted by Gasteiger charge is 2.73. The molecule has 12 atom stereocenters. The number of benzene rings is 6. The maximum Gasteiger partial charge on any atom is 0.265 e. The van der Waals surface area contributed by atoms with E-state index in [9.17, 15) is 24.6 Å². The number of nitrogens with zero attached hydrogens (tertiary/aromatic N) is 4. The quantitative estimate of drug-likeness (QED) is 0.103. The van der Waals surface area contributed by atoms with E-state index in [2.05, 4.69) is 93.5 Å². The molecule has 0 aliphatic heterocycles. The van der Waals surface area contributed by atoms with Crippen LogP contribution in [0.15, 0.2) is 183 Å². The van der Waals surface area contributed by atoms with Gasteiger partial charge in [0.15, 0.2) is 34.3 Å². The van der Waals surface area contributed by atoms with Gasteiger partial charge in [-0.05, 0) is 152 Å². The van der Waals surface area contributed by atoms with Gasteiger partial charge in [-0.1, -0.05) is 173 Å². The number of hydrogen-bond donors (Lipinski definition) is 2. The fourth-order valence-corrected chi connectivity index (χ4v) is 17.0. The minimum atomic E-state index is -2.30. The Balaban J connectivity index is 0.000000147. The number of carbonyl (C=O) groups is 4. The van der Waals surface area contributed by atoms with Crippen LogP contribution in [0.4, 0.5) is 0 Å². The molecule has 2 N–H and O–H groups in total. The second-order valence-electron chi connectivity index (χ2n) is 25.8. The van der Waals surface area contributed by atoms with Gasteiger partial charge in [-0.2, -0.15) is 0 Å². The molecule has 15 nitrogen and oxygen atoms in total. The van der Waals surface area contributed by atoms with E-state index >= 15 is 4.79 Å². The van der Waals surface area contributed by atoms with Crippen LogP contribution in [0.2, 0.25) is 0 Å². The molecular weight excluding hydrogens is 1160 g/mol. The fourth-order valence-electron chi connectivity index (χ4n) is 15.4. The maximum atomic E-state index is 15.5. The number of fused-ring (bicyclic) bond motifs is 7. The fraction of sp³-hybridized carbons (Fsp3) is 0.360. The lowest BCUT2D eigenvalue weighted by Gasteiger charge is -2.60. The van der Waals surface area contributed by atoms with Crippen molar-refractivity contribution in [2.75, 3.05) is 28.2 Å². The number of aromatic nitrogens is 2. The minimum Gasteiger partial charge on any atom is -0.489 e. The molecule has 470 valence electrons. The van der Waals surface area contributed by atoms with Crippen molar-refractivity contribution in [2.45, 2.75) is 131 Å². The Hall–Kier alpha value is -8.25. The maximum absolute atomic E-state index is 15.5. The van der Waals surface area contributed by atoms with Crippen molar-refractivity contribution in [3.8, 4) is 17.5 Å².